The number of ether oxygens (including phenoxy) is 1. The largest absolute Gasteiger partial charge is 0.368 e. The first kappa shape index (κ1) is 16.7. The third-order valence-electron chi connectivity index (χ3n) is 3.32. The van der Waals surface area contributed by atoms with Crippen molar-refractivity contribution in [3.63, 3.8) is 0 Å². The Kier molecular flexibility index (Phi) is 6.52. The average molecular weight is 397 g/mol. The molecule has 1 amide bonds. The first-order valence-corrected chi connectivity index (χ1v) is 7.07. The third kappa shape index (κ3) is 4.05. The van der Waals surface area contributed by atoms with Gasteiger partial charge in [0.1, 0.15) is 5.60 Å². The molecule has 0 spiro atoms. The van der Waals surface area contributed by atoms with Gasteiger partial charge in [0.05, 0.1) is 0 Å². The Hall–Kier alpha value is -0.370. The SMILES string of the molecule is COC1(C(=O)Nc2ccc(I)cc2)CCNCC1.Cl. The molecule has 19 heavy (non-hydrogen) atoms. The predicted molar refractivity (Wildman–Crippen MR) is 86.9 cm³/mol. The number of carbonyl (C=O) groups excluding carboxylic acids is 1. The topological polar surface area (TPSA) is 50.4 Å². The zero-order valence-electron chi connectivity index (χ0n) is 10.7. The van der Waals surface area contributed by atoms with Gasteiger partial charge in [-0.05, 0) is 72.8 Å². The van der Waals surface area contributed by atoms with Crippen LogP contribution in [0.5, 0.6) is 0 Å². The quantitative estimate of drug-likeness (QED) is 0.772. The summed E-state index contributed by atoms with van der Waals surface area (Å²) in [6, 6.07) is 7.75. The van der Waals surface area contributed by atoms with Crippen LogP contribution in [0.1, 0.15) is 12.8 Å². The van der Waals surface area contributed by atoms with Crippen LogP contribution in [0.2, 0.25) is 0 Å². The molecule has 106 valence electrons. The number of methoxy groups -OCH3 is 1. The normalized spacial score (nSPS) is 17.4. The van der Waals surface area contributed by atoms with E-state index in [1.807, 2.05) is 24.3 Å². The first-order chi connectivity index (χ1) is 8.66. The first-order valence-electron chi connectivity index (χ1n) is 5.99. The smallest absolute Gasteiger partial charge is 0.256 e. The minimum absolute atomic E-state index is 0. The third-order valence-corrected chi connectivity index (χ3v) is 4.04. The fourth-order valence-electron chi connectivity index (χ4n) is 2.13. The maximum atomic E-state index is 12.3. The highest BCUT2D eigenvalue weighted by atomic mass is 127. The maximum Gasteiger partial charge on any atom is 0.256 e. The minimum Gasteiger partial charge on any atom is -0.368 e. The van der Waals surface area contributed by atoms with Gasteiger partial charge < -0.3 is 15.4 Å². The Bertz CT molecular complexity index is 419. The van der Waals surface area contributed by atoms with Crippen molar-refractivity contribution in [2.75, 3.05) is 25.5 Å². The number of nitrogens with one attached hydrogen (secondary N) is 2. The van der Waals surface area contributed by atoms with Crippen molar-refractivity contribution < 1.29 is 9.53 Å². The van der Waals surface area contributed by atoms with Crippen LogP contribution in [0.15, 0.2) is 24.3 Å². The maximum absolute atomic E-state index is 12.3. The van der Waals surface area contributed by atoms with Crippen molar-refractivity contribution in [3.05, 3.63) is 27.8 Å². The number of anilines is 1. The summed E-state index contributed by atoms with van der Waals surface area (Å²) in [4.78, 5) is 12.3. The van der Waals surface area contributed by atoms with E-state index in [0.29, 0.717) is 12.8 Å². The Morgan fingerprint density at radius 3 is 2.42 bits per heavy atom. The zero-order chi connectivity index (χ0) is 13.0. The highest BCUT2D eigenvalue weighted by Crippen LogP contribution is 2.24. The molecule has 0 radical (unpaired) electrons. The number of piperidine rings is 1. The Labute approximate surface area is 133 Å². The van der Waals surface area contributed by atoms with Crippen molar-refractivity contribution in [1.82, 2.24) is 5.32 Å². The minimum atomic E-state index is -0.686. The Morgan fingerprint density at radius 2 is 1.89 bits per heavy atom. The van der Waals surface area contributed by atoms with Gasteiger partial charge in [0, 0.05) is 16.4 Å². The number of benzene rings is 1. The molecule has 0 aromatic heterocycles. The van der Waals surface area contributed by atoms with Gasteiger partial charge in [-0.1, -0.05) is 0 Å². The molecule has 2 rings (SSSR count). The van der Waals surface area contributed by atoms with Crippen LogP contribution in [0.4, 0.5) is 5.69 Å². The summed E-state index contributed by atoms with van der Waals surface area (Å²) in [6.07, 6.45) is 1.42. The molecule has 0 aliphatic carbocycles. The van der Waals surface area contributed by atoms with Crippen molar-refractivity contribution in [2.24, 2.45) is 0 Å². The van der Waals surface area contributed by atoms with Crippen molar-refractivity contribution >= 4 is 46.6 Å². The van der Waals surface area contributed by atoms with E-state index in [0.717, 1.165) is 22.3 Å². The van der Waals surface area contributed by atoms with E-state index >= 15 is 0 Å². The molecule has 2 N–H and O–H groups in total. The fraction of sp³-hybridized carbons (Fsp3) is 0.462. The molecule has 0 bridgehead atoms. The average Bonchev–Trinajstić information content (AvgIpc) is 2.42. The van der Waals surface area contributed by atoms with E-state index in [-0.39, 0.29) is 18.3 Å². The second kappa shape index (κ2) is 7.42. The summed E-state index contributed by atoms with van der Waals surface area (Å²) in [5.41, 5.74) is 0.129. The molecule has 1 aliphatic rings. The van der Waals surface area contributed by atoms with Gasteiger partial charge in [-0.15, -0.1) is 12.4 Å². The molecule has 1 aromatic carbocycles. The van der Waals surface area contributed by atoms with Crippen LogP contribution in [0.3, 0.4) is 0 Å². The lowest BCUT2D eigenvalue weighted by molar-refractivity contribution is -0.140. The van der Waals surface area contributed by atoms with Gasteiger partial charge in [0.15, 0.2) is 0 Å². The van der Waals surface area contributed by atoms with E-state index in [2.05, 4.69) is 33.2 Å². The van der Waals surface area contributed by atoms with Gasteiger partial charge in [-0.25, -0.2) is 0 Å². The number of carbonyl (C=O) groups is 1. The van der Waals surface area contributed by atoms with Crippen LogP contribution in [-0.4, -0.2) is 31.7 Å². The summed E-state index contributed by atoms with van der Waals surface area (Å²) in [7, 11) is 1.61. The van der Waals surface area contributed by atoms with Gasteiger partial charge >= 0.3 is 0 Å². The molecule has 0 atom stereocenters. The van der Waals surface area contributed by atoms with E-state index < -0.39 is 5.60 Å². The van der Waals surface area contributed by atoms with E-state index in [4.69, 9.17) is 4.74 Å². The molecule has 4 nitrogen and oxygen atoms in total. The molecule has 0 saturated carbocycles. The van der Waals surface area contributed by atoms with Crippen molar-refractivity contribution in [2.45, 2.75) is 18.4 Å². The second-order valence-corrected chi connectivity index (χ2v) is 5.66. The van der Waals surface area contributed by atoms with Gasteiger partial charge in [-0.2, -0.15) is 0 Å². The number of amides is 1. The Balaban J connectivity index is 0.00000180. The van der Waals surface area contributed by atoms with Crippen LogP contribution in [0.25, 0.3) is 0 Å². The van der Waals surface area contributed by atoms with E-state index in [1.165, 1.54) is 0 Å². The van der Waals surface area contributed by atoms with Gasteiger partial charge in [0.25, 0.3) is 5.91 Å². The number of rotatable bonds is 3. The second-order valence-electron chi connectivity index (χ2n) is 4.41. The summed E-state index contributed by atoms with van der Waals surface area (Å²) < 4.78 is 6.63. The number of hydrogen-bond acceptors (Lipinski definition) is 3. The summed E-state index contributed by atoms with van der Waals surface area (Å²) in [6.45, 7) is 1.63. The lowest BCUT2D eigenvalue weighted by atomic mass is 9.91. The molecular formula is C13H18ClIN2O2. The van der Waals surface area contributed by atoms with Crippen LogP contribution < -0.4 is 10.6 Å². The van der Waals surface area contributed by atoms with Crippen LogP contribution in [-0.2, 0) is 9.53 Å². The molecule has 6 heteroatoms. The van der Waals surface area contributed by atoms with Crippen LogP contribution in [0, 0.1) is 3.57 Å². The highest BCUT2D eigenvalue weighted by molar-refractivity contribution is 14.1. The molecule has 1 heterocycles. The molecule has 1 fully saturated rings. The fourth-order valence-corrected chi connectivity index (χ4v) is 2.49. The summed E-state index contributed by atoms with van der Waals surface area (Å²) in [5.74, 6) is -0.0484. The van der Waals surface area contributed by atoms with Crippen LogP contribution >= 0.6 is 35.0 Å². The standard InChI is InChI=1S/C13H17IN2O2.ClH/c1-18-13(6-8-15-9-7-13)12(17)16-11-4-2-10(14)3-5-11;/h2-5,15H,6-9H2,1H3,(H,16,17);1H. The molecular weight excluding hydrogens is 379 g/mol. The molecule has 1 aliphatic heterocycles. The lowest BCUT2D eigenvalue weighted by Gasteiger charge is -2.34. The Morgan fingerprint density at radius 1 is 1.32 bits per heavy atom. The van der Waals surface area contributed by atoms with Crippen molar-refractivity contribution in [3.8, 4) is 0 Å². The molecule has 0 unspecified atom stereocenters. The predicted octanol–water partition coefficient (Wildman–Crippen LogP) is 2.42. The lowest BCUT2D eigenvalue weighted by Crippen LogP contribution is -2.51. The van der Waals surface area contributed by atoms with Gasteiger partial charge in [-0.3, -0.25) is 4.79 Å². The number of hydrogen-bond donors (Lipinski definition) is 2. The van der Waals surface area contributed by atoms with E-state index in [1.54, 1.807) is 7.11 Å². The zero-order valence-corrected chi connectivity index (χ0v) is 13.7. The molecule has 1 saturated heterocycles. The number of halogens is 2. The highest BCUT2D eigenvalue weighted by Gasteiger charge is 2.39. The summed E-state index contributed by atoms with van der Waals surface area (Å²) >= 11 is 2.24. The monoisotopic (exact) mass is 396 g/mol. The van der Waals surface area contributed by atoms with E-state index in [9.17, 15) is 4.79 Å². The van der Waals surface area contributed by atoms with Crippen molar-refractivity contribution in [1.29, 1.82) is 0 Å². The molecule has 1 aromatic rings. The van der Waals surface area contributed by atoms with Gasteiger partial charge in [0.2, 0.25) is 0 Å². The summed E-state index contributed by atoms with van der Waals surface area (Å²) in [5, 5.41) is 6.17.